The van der Waals surface area contributed by atoms with E-state index in [1.165, 1.54) is 7.11 Å². The van der Waals surface area contributed by atoms with Gasteiger partial charge >= 0.3 is 5.97 Å². The first-order valence-electron chi connectivity index (χ1n) is 9.88. The minimum atomic E-state index is -0.612. The van der Waals surface area contributed by atoms with Crippen molar-refractivity contribution in [2.75, 3.05) is 19.0 Å². The molecule has 1 aliphatic heterocycles. The first-order chi connectivity index (χ1) is 14.6. The minimum Gasteiger partial charge on any atom is -0.467 e. The lowest BCUT2D eigenvalue weighted by molar-refractivity contribution is -0.151. The van der Waals surface area contributed by atoms with Gasteiger partial charge in [0.2, 0.25) is 6.41 Å². The molecule has 30 heavy (non-hydrogen) atoms. The molecule has 2 heterocycles. The third-order valence-electron chi connectivity index (χ3n) is 5.58. The molecule has 154 valence electrons. The smallest absolute Gasteiger partial charge is 0.328 e. The van der Waals surface area contributed by atoms with Gasteiger partial charge in [-0.05, 0) is 42.7 Å². The number of methoxy groups -OCH3 is 1. The van der Waals surface area contributed by atoms with E-state index < -0.39 is 12.1 Å². The van der Waals surface area contributed by atoms with Gasteiger partial charge in [0.25, 0.3) is 5.91 Å². The van der Waals surface area contributed by atoms with Gasteiger partial charge in [0.05, 0.1) is 7.11 Å². The van der Waals surface area contributed by atoms with E-state index in [0.717, 1.165) is 22.9 Å². The fraction of sp³-hybridized carbons (Fsp3) is 0.261. The maximum atomic E-state index is 13.7. The molecule has 1 aliphatic rings. The molecule has 1 aromatic heterocycles. The van der Waals surface area contributed by atoms with E-state index in [2.05, 4.69) is 5.32 Å². The van der Waals surface area contributed by atoms with E-state index in [-0.39, 0.29) is 11.9 Å². The Kier molecular flexibility index (Phi) is 5.52. The molecule has 1 saturated heterocycles. The van der Waals surface area contributed by atoms with E-state index >= 15 is 0 Å². The van der Waals surface area contributed by atoms with Gasteiger partial charge in [0, 0.05) is 29.3 Å². The molecule has 0 saturated carbocycles. The average Bonchev–Trinajstić information content (AvgIpc) is 3.42. The van der Waals surface area contributed by atoms with E-state index in [1.54, 1.807) is 11.0 Å². The van der Waals surface area contributed by atoms with Crippen LogP contribution in [0.25, 0.3) is 10.9 Å². The zero-order chi connectivity index (χ0) is 21.1. The summed E-state index contributed by atoms with van der Waals surface area (Å²) >= 11 is 0. The molecule has 3 aromatic rings. The number of anilines is 1. The molecule has 4 rings (SSSR count). The summed E-state index contributed by atoms with van der Waals surface area (Å²) < 4.78 is 6.84. The number of rotatable bonds is 6. The Hall–Kier alpha value is -3.61. The van der Waals surface area contributed by atoms with Crippen LogP contribution in [0.5, 0.6) is 0 Å². The molecular weight excluding hydrogens is 382 g/mol. The van der Waals surface area contributed by atoms with E-state index in [4.69, 9.17) is 4.74 Å². The van der Waals surface area contributed by atoms with Crippen molar-refractivity contribution < 1.29 is 19.1 Å². The summed E-state index contributed by atoms with van der Waals surface area (Å²) in [7, 11) is 1.35. The van der Waals surface area contributed by atoms with Gasteiger partial charge in [-0.1, -0.05) is 30.3 Å². The molecular formula is C23H23N3O4. The molecule has 0 bridgehead atoms. The Morgan fingerprint density at radius 3 is 2.70 bits per heavy atom. The number of benzene rings is 2. The number of aromatic nitrogens is 1. The Balaban J connectivity index is 1.78. The van der Waals surface area contributed by atoms with Crippen molar-refractivity contribution in [3.63, 3.8) is 0 Å². The predicted octanol–water partition coefficient (Wildman–Crippen LogP) is 2.96. The van der Waals surface area contributed by atoms with Crippen LogP contribution in [0.4, 0.5) is 5.69 Å². The molecule has 0 radical (unpaired) electrons. The summed E-state index contributed by atoms with van der Waals surface area (Å²) in [6.45, 7) is 0.522. The summed E-state index contributed by atoms with van der Waals surface area (Å²) in [6, 6.07) is 15.8. The number of amides is 2. The normalized spacial score (nSPS) is 17.0. The fourth-order valence-electron chi connectivity index (χ4n) is 4.17. The van der Waals surface area contributed by atoms with Gasteiger partial charge in [-0.3, -0.25) is 9.59 Å². The topological polar surface area (TPSA) is 80.6 Å². The second-order valence-electron chi connectivity index (χ2n) is 7.28. The number of nitrogens with zero attached hydrogens (tertiary/aromatic N) is 2. The molecule has 2 amide bonds. The first-order valence-corrected chi connectivity index (χ1v) is 9.88. The quantitative estimate of drug-likeness (QED) is 0.505. The molecule has 1 unspecified atom stereocenters. The Bertz CT molecular complexity index is 1080. The summed E-state index contributed by atoms with van der Waals surface area (Å²) in [4.78, 5) is 38.3. The minimum absolute atomic E-state index is 0.137. The number of carbonyl (C=O) groups excluding carboxylic acids is 3. The number of hydrogen-bond acceptors (Lipinski definition) is 4. The van der Waals surface area contributed by atoms with Crippen LogP contribution in [0.15, 0.2) is 60.8 Å². The van der Waals surface area contributed by atoms with Crippen molar-refractivity contribution in [1.29, 1.82) is 0 Å². The van der Waals surface area contributed by atoms with Crippen molar-refractivity contribution in [2.45, 2.75) is 24.9 Å². The van der Waals surface area contributed by atoms with Gasteiger partial charge in [-0.25, -0.2) is 4.79 Å². The lowest BCUT2D eigenvalue weighted by atomic mass is 10.0. The fourth-order valence-corrected chi connectivity index (χ4v) is 4.17. The van der Waals surface area contributed by atoms with Gasteiger partial charge in [-0.2, -0.15) is 0 Å². The van der Waals surface area contributed by atoms with E-state index in [0.29, 0.717) is 25.1 Å². The number of ether oxygens (including phenoxy) is 1. The zero-order valence-corrected chi connectivity index (χ0v) is 16.7. The third-order valence-corrected chi connectivity index (χ3v) is 5.58. The Morgan fingerprint density at radius 1 is 1.17 bits per heavy atom. The van der Waals surface area contributed by atoms with E-state index in [9.17, 15) is 14.4 Å². The van der Waals surface area contributed by atoms with Crippen LogP contribution < -0.4 is 5.32 Å². The summed E-state index contributed by atoms with van der Waals surface area (Å²) in [5.41, 5.74) is 2.39. The maximum Gasteiger partial charge on any atom is 0.328 e. The van der Waals surface area contributed by atoms with Gasteiger partial charge in [-0.15, -0.1) is 0 Å². The number of fused-ring (bicyclic) bond motifs is 1. The molecule has 2 aromatic carbocycles. The van der Waals surface area contributed by atoms with Crippen molar-refractivity contribution in [3.05, 3.63) is 66.4 Å². The monoisotopic (exact) mass is 405 g/mol. The molecule has 7 nitrogen and oxygen atoms in total. The van der Waals surface area contributed by atoms with Crippen LogP contribution in [0.2, 0.25) is 0 Å². The number of hydrogen-bond donors (Lipinski definition) is 1. The number of nitrogens with one attached hydrogen (secondary N) is 1. The van der Waals surface area contributed by atoms with Crippen LogP contribution in [-0.2, 0) is 19.1 Å². The largest absolute Gasteiger partial charge is 0.467 e. The average molecular weight is 405 g/mol. The third kappa shape index (κ3) is 3.54. The van der Waals surface area contributed by atoms with Crippen molar-refractivity contribution in [3.8, 4) is 0 Å². The standard InChI is InChI=1S/C23H23N3O4/c1-30-23(29)20-8-5-12-26(20)22(28)21(16-6-3-2-4-7-16)25-13-11-17-14-18(24-15-27)9-10-19(17)25/h2-4,6-7,9-11,13-15,20-21H,5,8,12H2,1H3,(H,24,27)/t20-,21?/m0/s1. The van der Waals surface area contributed by atoms with Crippen molar-refractivity contribution >= 4 is 34.9 Å². The Morgan fingerprint density at radius 2 is 1.97 bits per heavy atom. The van der Waals surface area contributed by atoms with Gasteiger partial charge in [0.15, 0.2) is 0 Å². The SMILES string of the molecule is COC(=O)[C@@H]1CCCN1C(=O)C(c1ccccc1)n1ccc2cc(NC=O)ccc21. The highest BCUT2D eigenvalue weighted by Crippen LogP contribution is 2.31. The maximum absolute atomic E-state index is 13.7. The summed E-state index contributed by atoms with van der Waals surface area (Å²) in [6.07, 6.45) is 3.87. The van der Waals surface area contributed by atoms with Crippen LogP contribution >= 0.6 is 0 Å². The molecule has 2 atom stereocenters. The summed E-state index contributed by atoms with van der Waals surface area (Å²) in [5.74, 6) is -0.517. The second kappa shape index (κ2) is 8.41. The van der Waals surface area contributed by atoms with Gasteiger partial charge < -0.3 is 19.5 Å². The molecule has 1 fully saturated rings. The zero-order valence-electron chi connectivity index (χ0n) is 16.7. The van der Waals surface area contributed by atoms with Crippen LogP contribution in [0.3, 0.4) is 0 Å². The number of likely N-dealkylation sites (tertiary alicyclic amines) is 1. The van der Waals surface area contributed by atoms with Crippen molar-refractivity contribution in [2.24, 2.45) is 0 Å². The lowest BCUT2D eigenvalue weighted by Crippen LogP contribution is -2.44. The molecule has 1 N–H and O–H groups in total. The first kappa shape index (κ1) is 19.7. The van der Waals surface area contributed by atoms with Crippen LogP contribution in [-0.4, -0.2) is 47.4 Å². The lowest BCUT2D eigenvalue weighted by Gasteiger charge is -2.29. The highest BCUT2D eigenvalue weighted by atomic mass is 16.5. The second-order valence-corrected chi connectivity index (χ2v) is 7.28. The summed E-state index contributed by atoms with van der Waals surface area (Å²) in [5, 5.41) is 3.55. The van der Waals surface area contributed by atoms with Crippen LogP contribution in [0, 0.1) is 0 Å². The highest BCUT2D eigenvalue weighted by Gasteiger charge is 2.39. The highest BCUT2D eigenvalue weighted by molar-refractivity contribution is 5.92. The van der Waals surface area contributed by atoms with Crippen molar-refractivity contribution in [1.82, 2.24) is 9.47 Å². The number of esters is 1. The van der Waals surface area contributed by atoms with Crippen LogP contribution in [0.1, 0.15) is 24.4 Å². The molecule has 0 aliphatic carbocycles. The molecule has 7 heteroatoms. The Labute approximate surface area is 174 Å². The van der Waals surface area contributed by atoms with E-state index in [1.807, 2.05) is 59.3 Å². The molecule has 0 spiro atoms. The predicted molar refractivity (Wildman–Crippen MR) is 113 cm³/mol. The number of carbonyl (C=O) groups is 3. The van der Waals surface area contributed by atoms with Gasteiger partial charge in [0.1, 0.15) is 12.1 Å².